The molecule has 0 aliphatic rings. The van der Waals surface area contributed by atoms with E-state index < -0.39 is 5.97 Å². The highest BCUT2D eigenvalue weighted by Gasteiger charge is 2.22. The van der Waals surface area contributed by atoms with E-state index in [1.165, 1.54) is 25.3 Å². The van der Waals surface area contributed by atoms with Crippen molar-refractivity contribution in [3.63, 3.8) is 0 Å². The Balaban J connectivity index is 2.57. The van der Waals surface area contributed by atoms with Gasteiger partial charge in [0.25, 0.3) is 0 Å². The topological polar surface area (TPSA) is 92.4 Å². The van der Waals surface area contributed by atoms with E-state index in [9.17, 15) is 9.90 Å². The third-order valence-electron chi connectivity index (χ3n) is 3.22. The van der Waals surface area contributed by atoms with Crippen LogP contribution in [0.1, 0.15) is 27.2 Å². The molecule has 0 aliphatic carbocycles. The number of carboxylic acids is 1. The molecule has 0 amide bonds. The summed E-state index contributed by atoms with van der Waals surface area (Å²) in [6.07, 6.45) is 0. The van der Waals surface area contributed by atoms with E-state index in [1.54, 1.807) is 13.8 Å². The van der Waals surface area contributed by atoms with E-state index in [2.05, 4.69) is 4.98 Å². The SMILES string of the molecule is COc1cc(C#N)ccc1Oc1nc(C)c(Cl)c(C)c1C(=O)O. The molecular formula is C16H13ClN2O4. The van der Waals surface area contributed by atoms with Gasteiger partial charge in [0.1, 0.15) is 5.56 Å². The number of hydrogen-bond donors (Lipinski definition) is 1. The first-order valence-electron chi connectivity index (χ1n) is 6.55. The number of benzene rings is 1. The first kappa shape index (κ1) is 16.6. The van der Waals surface area contributed by atoms with Gasteiger partial charge in [-0.1, -0.05) is 11.6 Å². The van der Waals surface area contributed by atoms with Crippen LogP contribution in [0.4, 0.5) is 0 Å². The highest BCUT2D eigenvalue weighted by molar-refractivity contribution is 6.32. The van der Waals surface area contributed by atoms with Crippen molar-refractivity contribution in [2.75, 3.05) is 7.11 Å². The van der Waals surface area contributed by atoms with E-state index in [1.807, 2.05) is 6.07 Å². The molecule has 0 radical (unpaired) electrons. The number of rotatable bonds is 4. The number of ether oxygens (including phenoxy) is 2. The second-order valence-corrected chi connectivity index (χ2v) is 5.08. The number of pyridine rings is 1. The Kier molecular flexibility index (Phi) is 4.72. The summed E-state index contributed by atoms with van der Waals surface area (Å²) in [6, 6.07) is 6.53. The van der Waals surface area contributed by atoms with E-state index >= 15 is 0 Å². The fourth-order valence-corrected chi connectivity index (χ4v) is 2.19. The highest BCUT2D eigenvalue weighted by Crippen LogP contribution is 2.36. The molecule has 1 aromatic carbocycles. The van der Waals surface area contributed by atoms with Crippen LogP contribution in [-0.2, 0) is 0 Å². The number of carboxylic acid groups (broad SMARTS) is 1. The maximum absolute atomic E-state index is 11.5. The molecule has 6 nitrogen and oxygen atoms in total. The maximum Gasteiger partial charge on any atom is 0.341 e. The van der Waals surface area contributed by atoms with Crippen molar-refractivity contribution in [3.8, 4) is 23.4 Å². The highest BCUT2D eigenvalue weighted by atomic mass is 35.5. The molecule has 0 atom stereocenters. The van der Waals surface area contributed by atoms with Crippen LogP contribution in [0.25, 0.3) is 0 Å². The fourth-order valence-electron chi connectivity index (χ4n) is 2.05. The largest absolute Gasteiger partial charge is 0.493 e. The van der Waals surface area contributed by atoms with Gasteiger partial charge < -0.3 is 14.6 Å². The molecule has 23 heavy (non-hydrogen) atoms. The number of hydrogen-bond acceptors (Lipinski definition) is 5. The summed E-state index contributed by atoms with van der Waals surface area (Å²) in [5.74, 6) is -0.727. The van der Waals surface area contributed by atoms with Crippen molar-refractivity contribution in [2.24, 2.45) is 0 Å². The monoisotopic (exact) mass is 332 g/mol. The first-order chi connectivity index (χ1) is 10.9. The lowest BCUT2D eigenvalue weighted by atomic mass is 10.1. The van der Waals surface area contributed by atoms with Gasteiger partial charge in [-0.15, -0.1) is 0 Å². The molecule has 1 N–H and O–H groups in total. The zero-order chi connectivity index (χ0) is 17.1. The van der Waals surface area contributed by atoms with Crippen molar-refractivity contribution >= 4 is 17.6 Å². The van der Waals surface area contributed by atoms with E-state index in [0.29, 0.717) is 22.6 Å². The number of carbonyl (C=O) groups is 1. The smallest absolute Gasteiger partial charge is 0.341 e. The van der Waals surface area contributed by atoms with Crippen LogP contribution >= 0.6 is 11.6 Å². The van der Waals surface area contributed by atoms with Crippen LogP contribution in [0.5, 0.6) is 17.4 Å². The van der Waals surface area contributed by atoms with E-state index in [4.69, 9.17) is 26.3 Å². The molecule has 118 valence electrons. The van der Waals surface area contributed by atoms with Gasteiger partial charge in [0, 0.05) is 6.07 Å². The predicted octanol–water partition coefficient (Wildman–Crippen LogP) is 3.72. The first-order valence-corrected chi connectivity index (χ1v) is 6.92. The maximum atomic E-state index is 11.5. The van der Waals surface area contributed by atoms with Crippen LogP contribution in [0.2, 0.25) is 5.02 Å². The third kappa shape index (κ3) is 3.20. The van der Waals surface area contributed by atoms with Gasteiger partial charge in [-0.2, -0.15) is 5.26 Å². The Morgan fingerprint density at radius 3 is 2.61 bits per heavy atom. The Morgan fingerprint density at radius 1 is 1.35 bits per heavy atom. The van der Waals surface area contributed by atoms with Gasteiger partial charge in [0.05, 0.1) is 29.5 Å². The molecule has 0 spiro atoms. The summed E-state index contributed by atoms with van der Waals surface area (Å²) in [5.41, 5.74) is 1.10. The number of aromatic nitrogens is 1. The second kappa shape index (κ2) is 6.55. The molecule has 0 saturated carbocycles. The van der Waals surface area contributed by atoms with Crippen molar-refractivity contribution in [1.82, 2.24) is 4.98 Å². The predicted molar refractivity (Wildman–Crippen MR) is 83.5 cm³/mol. The summed E-state index contributed by atoms with van der Waals surface area (Å²) in [4.78, 5) is 15.6. The minimum atomic E-state index is -1.19. The number of nitrogens with zero attached hydrogens (tertiary/aromatic N) is 2. The van der Waals surface area contributed by atoms with Gasteiger partial charge >= 0.3 is 5.97 Å². The minimum Gasteiger partial charge on any atom is -0.493 e. The third-order valence-corrected chi connectivity index (χ3v) is 3.78. The lowest BCUT2D eigenvalue weighted by Gasteiger charge is -2.14. The molecule has 0 aliphatic heterocycles. The molecular weight excluding hydrogens is 320 g/mol. The zero-order valence-electron chi connectivity index (χ0n) is 12.7. The molecule has 1 heterocycles. The van der Waals surface area contributed by atoms with Crippen molar-refractivity contribution in [1.29, 1.82) is 5.26 Å². The minimum absolute atomic E-state index is 0.0834. The molecule has 0 bridgehead atoms. The number of aryl methyl sites for hydroxylation is 1. The summed E-state index contributed by atoms with van der Waals surface area (Å²) >= 11 is 6.06. The standard InChI is InChI=1S/C16H13ClN2O4/c1-8-13(16(20)21)15(19-9(2)14(8)17)23-11-5-4-10(7-18)6-12(11)22-3/h4-6H,1-3H3,(H,20,21). The lowest BCUT2D eigenvalue weighted by Crippen LogP contribution is -2.07. The van der Waals surface area contributed by atoms with Crippen LogP contribution in [0.3, 0.4) is 0 Å². The Morgan fingerprint density at radius 2 is 2.04 bits per heavy atom. The average molecular weight is 333 g/mol. The van der Waals surface area contributed by atoms with Crippen LogP contribution in [0, 0.1) is 25.2 Å². The number of methoxy groups -OCH3 is 1. The zero-order valence-corrected chi connectivity index (χ0v) is 13.4. The van der Waals surface area contributed by atoms with Gasteiger partial charge in [-0.3, -0.25) is 0 Å². The molecule has 0 fully saturated rings. The molecule has 0 saturated heterocycles. The van der Waals surface area contributed by atoms with Gasteiger partial charge in [-0.05, 0) is 31.5 Å². The second-order valence-electron chi connectivity index (χ2n) is 4.70. The molecule has 1 aromatic heterocycles. The van der Waals surface area contributed by atoms with Gasteiger partial charge in [0.15, 0.2) is 11.5 Å². The lowest BCUT2D eigenvalue weighted by molar-refractivity contribution is 0.0692. The Bertz CT molecular complexity index is 828. The molecule has 0 unspecified atom stereocenters. The average Bonchev–Trinajstić information content (AvgIpc) is 2.52. The van der Waals surface area contributed by atoms with Crippen LogP contribution < -0.4 is 9.47 Å². The Labute approximate surface area is 137 Å². The van der Waals surface area contributed by atoms with Gasteiger partial charge in [-0.25, -0.2) is 9.78 Å². The molecule has 2 aromatic rings. The summed E-state index contributed by atoms with van der Waals surface area (Å²) in [5, 5.41) is 18.6. The van der Waals surface area contributed by atoms with Crippen LogP contribution in [-0.4, -0.2) is 23.2 Å². The molecule has 7 heteroatoms. The normalized spacial score (nSPS) is 10.0. The van der Waals surface area contributed by atoms with Gasteiger partial charge in [0.2, 0.25) is 5.88 Å². The summed E-state index contributed by atoms with van der Waals surface area (Å²) < 4.78 is 10.8. The van der Waals surface area contributed by atoms with E-state index in [0.717, 1.165) is 0 Å². The Hall–Kier alpha value is -2.78. The number of nitriles is 1. The van der Waals surface area contributed by atoms with Crippen LogP contribution in [0.15, 0.2) is 18.2 Å². The summed E-state index contributed by atoms with van der Waals surface area (Å²) in [6.45, 7) is 3.24. The fraction of sp³-hybridized carbons (Fsp3) is 0.188. The van der Waals surface area contributed by atoms with Crippen molar-refractivity contribution < 1.29 is 19.4 Å². The quantitative estimate of drug-likeness (QED) is 0.917. The van der Waals surface area contributed by atoms with Crippen molar-refractivity contribution in [2.45, 2.75) is 13.8 Å². The van der Waals surface area contributed by atoms with E-state index in [-0.39, 0.29) is 22.2 Å². The number of aromatic carboxylic acids is 1. The number of halogens is 1. The summed E-state index contributed by atoms with van der Waals surface area (Å²) in [7, 11) is 1.42. The van der Waals surface area contributed by atoms with Crippen molar-refractivity contribution in [3.05, 3.63) is 45.6 Å². The molecule has 2 rings (SSSR count).